The van der Waals surface area contributed by atoms with Gasteiger partial charge < -0.3 is 9.47 Å². The van der Waals surface area contributed by atoms with Crippen LogP contribution in [0, 0.1) is 6.07 Å². The molecule has 0 aromatic heterocycles. The fourth-order valence-electron chi connectivity index (χ4n) is 2.00. The van der Waals surface area contributed by atoms with Crippen LogP contribution < -0.4 is 9.47 Å². The molecule has 2 rings (SSSR count). The van der Waals surface area contributed by atoms with Gasteiger partial charge >= 0.3 is 0 Å². The minimum absolute atomic E-state index is 0.538. The molecule has 0 spiro atoms. The van der Waals surface area contributed by atoms with E-state index in [1.165, 1.54) is 5.56 Å². The van der Waals surface area contributed by atoms with Gasteiger partial charge in [-0.15, -0.1) is 0 Å². The van der Waals surface area contributed by atoms with Crippen molar-refractivity contribution in [1.82, 2.24) is 0 Å². The normalized spacial score (nSPS) is 10.6. The average molecular weight is 255 g/mol. The van der Waals surface area contributed by atoms with Crippen molar-refractivity contribution in [3.8, 4) is 22.6 Å². The number of rotatable bonds is 4. The minimum atomic E-state index is 0.538. The number of benzene rings is 2. The lowest BCUT2D eigenvalue weighted by atomic mass is 9.98. The standard InChI is InChI=1S/C17H19O2/c1-12(2)13-5-7-14(8-6-13)16-10-9-15(18-3)11-17(16)19-4/h5-9,11-12H,1-4H3. The van der Waals surface area contributed by atoms with Crippen LogP contribution in [0.2, 0.25) is 0 Å². The second-order valence-electron chi connectivity index (χ2n) is 4.76. The summed E-state index contributed by atoms with van der Waals surface area (Å²) in [4.78, 5) is 0. The Morgan fingerprint density at radius 3 is 2.21 bits per heavy atom. The van der Waals surface area contributed by atoms with Gasteiger partial charge in [0.05, 0.1) is 14.2 Å². The van der Waals surface area contributed by atoms with Gasteiger partial charge in [-0.2, -0.15) is 0 Å². The molecule has 0 atom stereocenters. The topological polar surface area (TPSA) is 18.5 Å². The molecule has 2 nitrogen and oxygen atoms in total. The van der Waals surface area contributed by atoms with Crippen LogP contribution >= 0.6 is 0 Å². The van der Waals surface area contributed by atoms with Crippen LogP contribution in [0.1, 0.15) is 25.3 Å². The molecule has 99 valence electrons. The van der Waals surface area contributed by atoms with E-state index in [4.69, 9.17) is 9.47 Å². The molecule has 0 saturated heterocycles. The predicted molar refractivity (Wildman–Crippen MR) is 77.9 cm³/mol. The Morgan fingerprint density at radius 2 is 1.68 bits per heavy atom. The summed E-state index contributed by atoms with van der Waals surface area (Å²) in [7, 11) is 3.30. The van der Waals surface area contributed by atoms with Crippen molar-refractivity contribution in [2.24, 2.45) is 0 Å². The summed E-state index contributed by atoms with van der Waals surface area (Å²) in [5.74, 6) is 2.06. The molecule has 0 aliphatic heterocycles. The van der Waals surface area contributed by atoms with Crippen LogP contribution in [0.3, 0.4) is 0 Å². The quantitative estimate of drug-likeness (QED) is 0.811. The van der Waals surface area contributed by atoms with Gasteiger partial charge in [0.1, 0.15) is 11.5 Å². The first-order valence-corrected chi connectivity index (χ1v) is 6.39. The maximum Gasteiger partial charge on any atom is 0.131 e. The molecule has 0 bridgehead atoms. The molecule has 0 amide bonds. The SMILES string of the molecule is COc1c[c]c(-c2ccc(C(C)C)cc2)c(OC)c1. The van der Waals surface area contributed by atoms with Crippen molar-refractivity contribution in [2.45, 2.75) is 19.8 Å². The lowest BCUT2D eigenvalue weighted by Gasteiger charge is -2.11. The summed E-state index contributed by atoms with van der Waals surface area (Å²) in [5, 5.41) is 0. The second-order valence-corrected chi connectivity index (χ2v) is 4.76. The van der Waals surface area contributed by atoms with E-state index in [2.05, 4.69) is 44.2 Å². The molecular formula is C17H19O2. The highest BCUT2D eigenvalue weighted by atomic mass is 16.5. The molecule has 2 heteroatoms. The van der Waals surface area contributed by atoms with E-state index in [0.29, 0.717) is 5.92 Å². The Bertz CT molecular complexity index is 542. The van der Waals surface area contributed by atoms with Gasteiger partial charge in [0.15, 0.2) is 0 Å². The molecule has 19 heavy (non-hydrogen) atoms. The number of ether oxygens (including phenoxy) is 2. The van der Waals surface area contributed by atoms with Gasteiger partial charge in [0, 0.05) is 11.6 Å². The molecule has 0 heterocycles. The monoisotopic (exact) mass is 255 g/mol. The average Bonchev–Trinajstić information content (AvgIpc) is 2.46. The lowest BCUT2D eigenvalue weighted by molar-refractivity contribution is 0.395. The largest absolute Gasteiger partial charge is 0.497 e. The Hall–Kier alpha value is -1.96. The highest BCUT2D eigenvalue weighted by Crippen LogP contribution is 2.33. The Balaban J connectivity index is 2.40. The van der Waals surface area contributed by atoms with Gasteiger partial charge in [0.25, 0.3) is 0 Å². The van der Waals surface area contributed by atoms with E-state index in [1.807, 2.05) is 12.1 Å². The van der Waals surface area contributed by atoms with Crippen molar-refractivity contribution >= 4 is 0 Å². The molecule has 0 fully saturated rings. The van der Waals surface area contributed by atoms with E-state index in [-0.39, 0.29) is 0 Å². The summed E-state index contributed by atoms with van der Waals surface area (Å²) >= 11 is 0. The van der Waals surface area contributed by atoms with E-state index in [1.54, 1.807) is 14.2 Å². The highest BCUT2D eigenvalue weighted by molar-refractivity contribution is 5.71. The Kier molecular flexibility index (Phi) is 4.10. The first-order valence-electron chi connectivity index (χ1n) is 6.39. The fourth-order valence-corrected chi connectivity index (χ4v) is 2.00. The third-order valence-corrected chi connectivity index (χ3v) is 3.20. The maximum absolute atomic E-state index is 5.41. The molecule has 0 saturated carbocycles. The van der Waals surface area contributed by atoms with Gasteiger partial charge in [-0.05, 0) is 29.2 Å². The summed E-state index contributed by atoms with van der Waals surface area (Å²) in [5.41, 5.74) is 3.39. The third kappa shape index (κ3) is 2.90. The highest BCUT2D eigenvalue weighted by Gasteiger charge is 2.08. The van der Waals surface area contributed by atoms with E-state index in [9.17, 15) is 0 Å². The Morgan fingerprint density at radius 1 is 1.00 bits per heavy atom. The number of hydrogen-bond acceptors (Lipinski definition) is 2. The van der Waals surface area contributed by atoms with Crippen molar-refractivity contribution in [3.05, 3.63) is 48.0 Å². The maximum atomic E-state index is 5.41. The predicted octanol–water partition coefficient (Wildman–Crippen LogP) is 4.29. The van der Waals surface area contributed by atoms with E-state index in [0.717, 1.165) is 22.6 Å². The Labute approximate surface area is 115 Å². The zero-order valence-corrected chi connectivity index (χ0v) is 11.9. The van der Waals surface area contributed by atoms with Crippen LogP contribution in [0.25, 0.3) is 11.1 Å². The van der Waals surface area contributed by atoms with Crippen molar-refractivity contribution < 1.29 is 9.47 Å². The van der Waals surface area contributed by atoms with Crippen molar-refractivity contribution in [2.75, 3.05) is 14.2 Å². The van der Waals surface area contributed by atoms with E-state index >= 15 is 0 Å². The first-order chi connectivity index (χ1) is 9.15. The molecule has 0 unspecified atom stereocenters. The van der Waals surface area contributed by atoms with Gasteiger partial charge in [-0.25, -0.2) is 0 Å². The van der Waals surface area contributed by atoms with Crippen LogP contribution in [-0.2, 0) is 0 Å². The zero-order valence-electron chi connectivity index (χ0n) is 11.9. The van der Waals surface area contributed by atoms with Crippen LogP contribution in [-0.4, -0.2) is 14.2 Å². The first kappa shape index (κ1) is 13.5. The van der Waals surface area contributed by atoms with Gasteiger partial charge in [0.2, 0.25) is 0 Å². The van der Waals surface area contributed by atoms with Gasteiger partial charge in [-0.3, -0.25) is 0 Å². The summed E-state index contributed by atoms with van der Waals surface area (Å²) < 4.78 is 10.6. The summed E-state index contributed by atoms with van der Waals surface area (Å²) in [6.45, 7) is 4.38. The van der Waals surface area contributed by atoms with E-state index < -0.39 is 0 Å². The lowest BCUT2D eigenvalue weighted by Crippen LogP contribution is -1.91. The van der Waals surface area contributed by atoms with Gasteiger partial charge in [-0.1, -0.05) is 38.1 Å². The third-order valence-electron chi connectivity index (χ3n) is 3.20. The molecule has 0 aliphatic rings. The summed E-state index contributed by atoms with van der Waals surface area (Å²) in [6.07, 6.45) is 0. The number of methoxy groups -OCH3 is 2. The molecule has 2 aromatic carbocycles. The molecule has 0 aliphatic carbocycles. The minimum Gasteiger partial charge on any atom is -0.497 e. The van der Waals surface area contributed by atoms with Crippen molar-refractivity contribution in [1.29, 1.82) is 0 Å². The second kappa shape index (κ2) is 5.79. The van der Waals surface area contributed by atoms with Crippen LogP contribution in [0.4, 0.5) is 0 Å². The zero-order chi connectivity index (χ0) is 13.8. The van der Waals surface area contributed by atoms with Crippen molar-refractivity contribution in [3.63, 3.8) is 0 Å². The molecular weight excluding hydrogens is 236 g/mol. The molecule has 0 N–H and O–H groups in total. The van der Waals surface area contributed by atoms with Crippen LogP contribution in [0.15, 0.2) is 36.4 Å². The number of hydrogen-bond donors (Lipinski definition) is 0. The fraction of sp³-hybridized carbons (Fsp3) is 0.294. The van der Waals surface area contributed by atoms with Crippen LogP contribution in [0.5, 0.6) is 11.5 Å². The molecule has 2 aromatic rings. The molecule has 1 radical (unpaired) electrons. The smallest absolute Gasteiger partial charge is 0.131 e. The summed E-state index contributed by atoms with van der Waals surface area (Å²) in [6, 6.07) is 15.4.